The molecule has 0 fully saturated rings. The lowest BCUT2D eigenvalue weighted by Crippen LogP contribution is -2.22. The van der Waals surface area contributed by atoms with Gasteiger partial charge in [-0.3, -0.25) is 9.59 Å². The van der Waals surface area contributed by atoms with Crippen molar-refractivity contribution in [3.63, 3.8) is 0 Å². The topological polar surface area (TPSA) is 81.7 Å². The molecule has 2 heterocycles. The van der Waals surface area contributed by atoms with Crippen LogP contribution in [0.5, 0.6) is 5.75 Å². The van der Waals surface area contributed by atoms with Crippen molar-refractivity contribution in [3.05, 3.63) is 76.1 Å². The van der Waals surface area contributed by atoms with Crippen LogP contribution in [-0.4, -0.2) is 13.0 Å². The summed E-state index contributed by atoms with van der Waals surface area (Å²) in [5, 5.41) is 3.44. The number of nitrogens with one attached hydrogen (secondary N) is 1. The molecule has 26 heavy (non-hydrogen) atoms. The van der Waals surface area contributed by atoms with E-state index in [1.807, 2.05) is 24.3 Å². The molecule has 0 atom stereocenters. The standard InChI is InChI=1S/C20H15NO5/c1-24-15-8-4-2-6-12(15)11-21-19(23)17-10-14-18(22)13-7-3-5-9-16(13)25-20(14)26-17/h2-10H,11H2,1H3,(H,21,23). The highest BCUT2D eigenvalue weighted by molar-refractivity contribution is 5.97. The Kier molecular flexibility index (Phi) is 3.93. The molecule has 0 saturated heterocycles. The molecule has 0 aliphatic rings. The molecule has 1 N–H and O–H groups in total. The smallest absolute Gasteiger partial charge is 0.302 e. The summed E-state index contributed by atoms with van der Waals surface area (Å²) in [6.07, 6.45) is 0. The van der Waals surface area contributed by atoms with Gasteiger partial charge in [-0.2, -0.15) is 0 Å². The van der Waals surface area contributed by atoms with Gasteiger partial charge in [0.2, 0.25) is 5.43 Å². The summed E-state index contributed by atoms with van der Waals surface area (Å²) >= 11 is 0. The summed E-state index contributed by atoms with van der Waals surface area (Å²) in [6, 6.07) is 15.7. The highest BCUT2D eigenvalue weighted by atomic mass is 16.5. The second-order valence-electron chi connectivity index (χ2n) is 5.73. The first-order valence-corrected chi connectivity index (χ1v) is 8.03. The summed E-state index contributed by atoms with van der Waals surface area (Å²) in [4.78, 5) is 24.9. The second-order valence-corrected chi connectivity index (χ2v) is 5.73. The van der Waals surface area contributed by atoms with Gasteiger partial charge in [0.1, 0.15) is 16.7 Å². The Morgan fingerprint density at radius 3 is 2.65 bits per heavy atom. The SMILES string of the molecule is COc1ccccc1CNC(=O)c1cc2c(=O)c3ccccc3oc2o1. The molecular weight excluding hydrogens is 334 g/mol. The van der Waals surface area contributed by atoms with Crippen LogP contribution in [0.3, 0.4) is 0 Å². The van der Waals surface area contributed by atoms with Crippen LogP contribution < -0.4 is 15.5 Å². The predicted octanol–water partition coefficient (Wildman–Crippen LogP) is 3.48. The van der Waals surface area contributed by atoms with E-state index in [9.17, 15) is 9.59 Å². The third-order valence-corrected chi connectivity index (χ3v) is 4.13. The van der Waals surface area contributed by atoms with Crippen LogP contribution >= 0.6 is 0 Å². The van der Waals surface area contributed by atoms with Crippen LogP contribution in [0.15, 0.2) is 68.2 Å². The maximum atomic E-state index is 12.5. The molecule has 0 bridgehead atoms. The molecule has 2 aromatic carbocycles. The molecule has 0 radical (unpaired) electrons. The van der Waals surface area contributed by atoms with Crippen molar-refractivity contribution < 1.29 is 18.4 Å². The average molecular weight is 349 g/mol. The Bertz CT molecular complexity index is 1170. The Labute approximate surface area is 148 Å². The lowest BCUT2D eigenvalue weighted by Gasteiger charge is -2.08. The first-order valence-electron chi connectivity index (χ1n) is 8.03. The largest absolute Gasteiger partial charge is 0.496 e. The average Bonchev–Trinajstić information content (AvgIpc) is 3.11. The lowest BCUT2D eigenvalue weighted by atomic mass is 10.2. The van der Waals surface area contributed by atoms with Crippen LogP contribution in [0.2, 0.25) is 0 Å². The zero-order valence-electron chi connectivity index (χ0n) is 13.9. The third-order valence-electron chi connectivity index (χ3n) is 4.13. The molecule has 6 heteroatoms. The Morgan fingerprint density at radius 1 is 1.04 bits per heavy atom. The van der Waals surface area contributed by atoms with Crippen LogP contribution in [0.25, 0.3) is 22.1 Å². The summed E-state index contributed by atoms with van der Waals surface area (Å²) in [5.74, 6) is 0.299. The second kappa shape index (κ2) is 6.40. The molecule has 2 aromatic heterocycles. The number of hydrogen-bond donors (Lipinski definition) is 1. The number of amides is 1. The highest BCUT2D eigenvalue weighted by Crippen LogP contribution is 2.22. The molecule has 1 amide bonds. The normalized spacial score (nSPS) is 11.0. The van der Waals surface area contributed by atoms with Gasteiger partial charge in [-0.1, -0.05) is 30.3 Å². The molecule has 130 valence electrons. The first kappa shape index (κ1) is 16.0. The molecule has 0 aliphatic heterocycles. The van der Waals surface area contributed by atoms with Crippen molar-refractivity contribution in [2.75, 3.05) is 7.11 Å². The van der Waals surface area contributed by atoms with Crippen molar-refractivity contribution >= 4 is 28.0 Å². The summed E-state index contributed by atoms with van der Waals surface area (Å²) < 4.78 is 16.3. The molecule has 0 saturated carbocycles. The number of hydrogen-bond acceptors (Lipinski definition) is 5. The molecular formula is C20H15NO5. The maximum Gasteiger partial charge on any atom is 0.302 e. The number of rotatable bonds is 4. The monoisotopic (exact) mass is 349 g/mol. The van der Waals surface area contributed by atoms with E-state index < -0.39 is 5.91 Å². The third kappa shape index (κ3) is 2.71. The van der Waals surface area contributed by atoms with Gasteiger partial charge in [0.25, 0.3) is 5.91 Å². The minimum atomic E-state index is -0.439. The van der Waals surface area contributed by atoms with E-state index in [0.29, 0.717) is 16.7 Å². The Balaban J connectivity index is 1.64. The molecule has 4 rings (SSSR count). The fourth-order valence-electron chi connectivity index (χ4n) is 2.82. The van der Waals surface area contributed by atoms with E-state index in [0.717, 1.165) is 5.56 Å². The number of para-hydroxylation sites is 2. The van der Waals surface area contributed by atoms with Gasteiger partial charge in [0.15, 0.2) is 5.76 Å². The van der Waals surface area contributed by atoms with E-state index in [1.165, 1.54) is 6.07 Å². The van der Waals surface area contributed by atoms with Crippen molar-refractivity contribution in [2.24, 2.45) is 0 Å². The number of fused-ring (bicyclic) bond motifs is 2. The first-order chi connectivity index (χ1) is 12.7. The van der Waals surface area contributed by atoms with Gasteiger partial charge in [-0.05, 0) is 18.2 Å². The molecule has 0 spiro atoms. The summed E-state index contributed by atoms with van der Waals surface area (Å²) in [5.41, 5.74) is 1.02. The fourth-order valence-corrected chi connectivity index (χ4v) is 2.82. The number of ether oxygens (including phenoxy) is 1. The van der Waals surface area contributed by atoms with Gasteiger partial charge in [-0.15, -0.1) is 0 Å². The van der Waals surface area contributed by atoms with E-state index in [2.05, 4.69) is 5.32 Å². The maximum absolute atomic E-state index is 12.5. The number of methoxy groups -OCH3 is 1. The van der Waals surface area contributed by atoms with Crippen LogP contribution in [-0.2, 0) is 6.54 Å². The fraction of sp³-hybridized carbons (Fsp3) is 0.100. The Morgan fingerprint density at radius 2 is 1.81 bits per heavy atom. The van der Waals surface area contributed by atoms with E-state index in [-0.39, 0.29) is 28.9 Å². The predicted molar refractivity (Wildman–Crippen MR) is 96.4 cm³/mol. The number of benzene rings is 2. The Hall–Kier alpha value is -3.54. The quantitative estimate of drug-likeness (QED) is 0.610. The van der Waals surface area contributed by atoms with Crippen molar-refractivity contribution in [2.45, 2.75) is 6.54 Å². The zero-order chi connectivity index (χ0) is 18.1. The lowest BCUT2D eigenvalue weighted by molar-refractivity contribution is 0.0923. The summed E-state index contributed by atoms with van der Waals surface area (Å²) in [6.45, 7) is 0.267. The van der Waals surface area contributed by atoms with E-state index in [1.54, 1.807) is 31.4 Å². The number of furan rings is 1. The zero-order valence-corrected chi connectivity index (χ0v) is 13.9. The molecule has 0 aliphatic carbocycles. The van der Waals surface area contributed by atoms with Crippen molar-refractivity contribution in [3.8, 4) is 5.75 Å². The summed E-state index contributed by atoms with van der Waals surface area (Å²) in [7, 11) is 1.57. The molecule has 6 nitrogen and oxygen atoms in total. The van der Waals surface area contributed by atoms with Gasteiger partial charge < -0.3 is 18.9 Å². The van der Waals surface area contributed by atoms with Crippen LogP contribution in [0.4, 0.5) is 0 Å². The minimum absolute atomic E-state index is 0.0195. The van der Waals surface area contributed by atoms with Gasteiger partial charge in [0, 0.05) is 18.2 Å². The molecule has 0 unspecified atom stereocenters. The van der Waals surface area contributed by atoms with Gasteiger partial charge in [-0.25, -0.2) is 0 Å². The van der Waals surface area contributed by atoms with Crippen LogP contribution in [0, 0.1) is 0 Å². The van der Waals surface area contributed by atoms with Crippen molar-refractivity contribution in [1.82, 2.24) is 5.32 Å². The van der Waals surface area contributed by atoms with E-state index >= 15 is 0 Å². The van der Waals surface area contributed by atoms with Gasteiger partial charge >= 0.3 is 5.78 Å². The molecule has 4 aromatic rings. The number of carbonyl (C=O) groups excluding carboxylic acids is 1. The minimum Gasteiger partial charge on any atom is -0.496 e. The van der Waals surface area contributed by atoms with Crippen molar-refractivity contribution in [1.29, 1.82) is 0 Å². The van der Waals surface area contributed by atoms with Crippen LogP contribution in [0.1, 0.15) is 16.1 Å². The highest BCUT2D eigenvalue weighted by Gasteiger charge is 2.17. The number of carbonyl (C=O) groups is 1. The van der Waals surface area contributed by atoms with E-state index in [4.69, 9.17) is 13.6 Å². The van der Waals surface area contributed by atoms with Gasteiger partial charge in [0.05, 0.1) is 12.5 Å².